The number of ether oxygens (including phenoxy) is 1. The van der Waals surface area contributed by atoms with Gasteiger partial charge < -0.3 is 10.1 Å². The molecule has 3 heteroatoms. The van der Waals surface area contributed by atoms with Gasteiger partial charge in [0.2, 0.25) is 0 Å². The summed E-state index contributed by atoms with van der Waals surface area (Å²) in [4.78, 5) is 0. The fourth-order valence-corrected chi connectivity index (χ4v) is 1.45. The maximum absolute atomic E-state index is 5.92. The highest BCUT2D eigenvalue weighted by molar-refractivity contribution is 6.30. The molecule has 1 rings (SSSR count). The van der Waals surface area contributed by atoms with Crippen molar-refractivity contribution in [2.75, 3.05) is 13.7 Å². The van der Waals surface area contributed by atoms with Gasteiger partial charge in [0.05, 0.1) is 0 Å². The van der Waals surface area contributed by atoms with Crippen molar-refractivity contribution in [3.63, 3.8) is 0 Å². The number of hydrogen-bond acceptors (Lipinski definition) is 2. The van der Waals surface area contributed by atoms with Crippen molar-refractivity contribution in [2.24, 2.45) is 0 Å². The minimum absolute atomic E-state index is 0.592. The topological polar surface area (TPSA) is 21.3 Å². The van der Waals surface area contributed by atoms with Gasteiger partial charge in [-0.3, -0.25) is 0 Å². The van der Waals surface area contributed by atoms with Crippen molar-refractivity contribution in [3.8, 4) is 5.75 Å². The average Bonchev–Trinajstić information content (AvgIpc) is 2.22. The van der Waals surface area contributed by atoms with Crippen LogP contribution in [0.5, 0.6) is 5.75 Å². The van der Waals surface area contributed by atoms with Crippen molar-refractivity contribution < 1.29 is 4.74 Å². The third-order valence-electron chi connectivity index (χ3n) is 1.96. The predicted molar refractivity (Wildman–Crippen MR) is 64.5 cm³/mol. The monoisotopic (exact) mass is 225 g/mol. The van der Waals surface area contributed by atoms with Gasteiger partial charge in [0.25, 0.3) is 0 Å². The lowest BCUT2D eigenvalue weighted by Crippen LogP contribution is -2.07. The van der Waals surface area contributed by atoms with Crippen LogP contribution in [0.15, 0.2) is 30.4 Å². The number of rotatable bonds is 5. The summed E-state index contributed by atoms with van der Waals surface area (Å²) in [6.45, 7) is 3.32. The van der Waals surface area contributed by atoms with E-state index in [2.05, 4.69) is 5.32 Å². The van der Waals surface area contributed by atoms with Crippen LogP contribution in [0.4, 0.5) is 0 Å². The normalized spacial score (nSPS) is 10.9. The van der Waals surface area contributed by atoms with E-state index in [0.717, 1.165) is 22.9 Å². The molecule has 1 N–H and O–H groups in total. The molecule has 0 heterocycles. The highest BCUT2D eigenvalue weighted by Gasteiger charge is 2.02. The summed E-state index contributed by atoms with van der Waals surface area (Å²) in [6.07, 6.45) is 3.94. The van der Waals surface area contributed by atoms with Crippen molar-refractivity contribution in [3.05, 3.63) is 40.9 Å². The molecule has 0 saturated carbocycles. The zero-order valence-corrected chi connectivity index (χ0v) is 9.84. The molecule has 1 aromatic rings. The van der Waals surface area contributed by atoms with Gasteiger partial charge in [-0.2, -0.15) is 0 Å². The number of benzene rings is 1. The Morgan fingerprint density at radius 1 is 1.47 bits per heavy atom. The van der Waals surface area contributed by atoms with Crippen LogP contribution in [0.25, 0.3) is 0 Å². The highest BCUT2D eigenvalue weighted by Crippen LogP contribution is 2.22. The summed E-state index contributed by atoms with van der Waals surface area (Å²) in [7, 11) is 1.90. The van der Waals surface area contributed by atoms with Gasteiger partial charge in [-0.15, -0.1) is 0 Å². The minimum Gasteiger partial charge on any atom is -0.489 e. The van der Waals surface area contributed by atoms with E-state index in [1.54, 1.807) is 0 Å². The summed E-state index contributed by atoms with van der Waals surface area (Å²) in [5.41, 5.74) is 1.08. The molecular weight excluding hydrogens is 210 g/mol. The minimum atomic E-state index is 0.592. The maximum Gasteiger partial charge on any atom is 0.124 e. The lowest BCUT2D eigenvalue weighted by atomic mass is 10.2. The summed E-state index contributed by atoms with van der Waals surface area (Å²) in [5.74, 6) is 0.881. The van der Waals surface area contributed by atoms with Crippen molar-refractivity contribution in [2.45, 2.75) is 13.5 Å². The summed E-state index contributed by atoms with van der Waals surface area (Å²) in [5, 5.41) is 3.82. The van der Waals surface area contributed by atoms with E-state index in [9.17, 15) is 0 Å². The Labute approximate surface area is 95.9 Å². The Hall–Kier alpha value is -0.990. The van der Waals surface area contributed by atoms with Crippen LogP contribution in [0.3, 0.4) is 0 Å². The van der Waals surface area contributed by atoms with E-state index in [1.807, 2.05) is 44.3 Å². The largest absolute Gasteiger partial charge is 0.489 e. The Morgan fingerprint density at radius 2 is 2.27 bits per heavy atom. The van der Waals surface area contributed by atoms with E-state index >= 15 is 0 Å². The van der Waals surface area contributed by atoms with E-state index < -0.39 is 0 Å². The first-order valence-corrected chi connectivity index (χ1v) is 5.32. The van der Waals surface area contributed by atoms with Gasteiger partial charge in [0, 0.05) is 17.1 Å². The molecule has 0 aliphatic carbocycles. The fraction of sp³-hybridized carbons (Fsp3) is 0.333. The maximum atomic E-state index is 5.92. The lowest BCUT2D eigenvalue weighted by molar-refractivity contribution is 0.358. The van der Waals surface area contributed by atoms with Crippen LogP contribution in [0, 0.1) is 0 Å². The van der Waals surface area contributed by atoms with E-state index in [1.165, 1.54) is 0 Å². The lowest BCUT2D eigenvalue weighted by Gasteiger charge is -2.10. The van der Waals surface area contributed by atoms with Crippen LogP contribution >= 0.6 is 11.6 Å². The summed E-state index contributed by atoms with van der Waals surface area (Å²) >= 11 is 5.92. The number of nitrogens with one attached hydrogen (secondary N) is 1. The molecule has 0 fully saturated rings. The third kappa shape index (κ3) is 3.94. The van der Waals surface area contributed by atoms with Gasteiger partial charge in [0.1, 0.15) is 12.4 Å². The highest BCUT2D eigenvalue weighted by atomic mass is 35.5. The smallest absolute Gasteiger partial charge is 0.124 e. The molecule has 0 radical (unpaired) electrons. The first-order chi connectivity index (χ1) is 7.27. The number of allylic oxidation sites excluding steroid dienone is 1. The molecule has 0 amide bonds. The molecule has 15 heavy (non-hydrogen) atoms. The molecule has 0 unspecified atom stereocenters. The molecule has 0 aliphatic rings. The number of hydrogen-bond donors (Lipinski definition) is 1. The van der Waals surface area contributed by atoms with Crippen LogP contribution in [0.2, 0.25) is 5.02 Å². The molecule has 0 spiro atoms. The SMILES string of the molecule is C/C=C/COc1ccc(Cl)cc1CNC. The molecule has 0 aliphatic heterocycles. The molecule has 1 aromatic carbocycles. The Kier molecular flexibility index (Phi) is 5.22. The number of halogens is 1. The van der Waals surface area contributed by atoms with Gasteiger partial charge in [-0.05, 0) is 32.2 Å². The first-order valence-electron chi connectivity index (χ1n) is 4.95. The Morgan fingerprint density at radius 3 is 2.93 bits per heavy atom. The van der Waals surface area contributed by atoms with E-state index in [0.29, 0.717) is 6.61 Å². The van der Waals surface area contributed by atoms with Gasteiger partial charge in [-0.1, -0.05) is 23.8 Å². The Bertz CT molecular complexity index is 336. The van der Waals surface area contributed by atoms with Gasteiger partial charge >= 0.3 is 0 Å². The van der Waals surface area contributed by atoms with Gasteiger partial charge in [-0.25, -0.2) is 0 Å². The molecular formula is C12H16ClNO. The molecule has 0 atom stereocenters. The molecule has 82 valence electrons. The second-order valence-corrected chi connectivity index (χ2v) is 3.60. The second kappa shape index (κ2) is 6.49. The van der Waals surface area contributed by atoms with Gasteiger partial charge in [0.15, 0.2) is 0 Å². The van der Waals surface area contributed by atoms with E-state index in [4.69, 9.17) is 16.3 Å². The second-order valence-electron chi connectivity index (χ2n) is 3.16. The zero-order valence-electron chi connectivity index (χ0n) is 9.09. The van der Waals surface area contributed by atoms with Crippen molar-refractivity contribution in [1.29, 1.82) is 0 Å². The van der Waals surface area contributed by atoms with Crippen molar-refractivity contribution >= 4 is 11.6 Å². The van der Waals surface area contributed by atoms with Crippen LogP contribution in [0.1, 0.15) is 12.5 Å². The quantitative estimate of drug-likeness (QED) is 0.778. The van der Waals surface area contributed by atoms with E-state index in [-0.39, 0.29) is 0 Å². The molecule has 0 bridgehead atoms. The molecule has 0 aromatic heterocycles. The van der Waals surface area contributed by atoms with Crippen LogP contribution in [-0.2, 0) is 6.54 Å². The standard InChI is InChI=1S/C12H16ClNO/c1-3-4-7-15-12-6-5-11(13)8-10(12)9-14-2/h3-6,8,14H,7,9H2,1-2H3/b4-3+. The molecule has 0 saturated heterocycles. The third-order valence-corrected chi connectivity index (χ3v) is 2.20. The zero-order chi connectivity index (χ0) is 11.1. The van der Waals surface area contributed by atoms with Crippen LogP contribution < -0.4 is 10.1 Å². The summed E-state index contributed by atoms with van der Waals surface area (Å²) in [6, 6.07) is 5.66. The Balaban J connectivity index is 2.75. The molecule has 2 nitrogen and oxygen atoms in total. The fourth-order valence-electron chi connectivity index (χ4n) is 1.25. The predicted octanol–water partition coefficient (Wildman–Crippen LogP) is 3.01. The van der Waals surface area contributed by atoms with Crippen LogP contribution in [-0.4, -0.2) is 13.7 Å². The summed E-state index contributed by atoms with van der Waals surface area (Å²) < 4.78 is 5.60. The van der Waals surface area contributed by atoms with Crippen molar-refractivity contribution in [1.82, 2.24) is 5.32 Å². The first kappa shape index (κ1) is 12.1. The average molecular weight is 226 g/mol.